The molecule has 70 valence electrons. The van der Waals surface area contributed by atoms with Crippen molar-refractivity contribution >= 4 is 16.8 Å². The molecule has 0 amide bonds. The van der Waals surface area contributed by atoms with Gasteiger partial charge in [0.25, 0.3) is 0 Å². The van der Waals surface area contributed by atoms with Crippen LogP contribution in [0.5, 0.6) is 0 Å². The molecule has 0 unspecified atom stereocenters. The van der Waals surface area contributed by atoms with Crippen molar-refractivity contribution in [3.05, 3.63) is 35.9 Å². The van der Waals surface area contributed by atoms with E-state index in [0.717, 1.165) is 5.56 Å². The van der Waals surface area contributed by atoms with Crippen LogP contribution in [0.3, 0.4) is 0 Å². The highest BCUT2D eigenvalue weighted by atomic mass is 35.5. The zero-order chi connectivity index (χ0) is 9.68. The number of carbonyl (C=O) groups excluding carboxylic acids is 1. The van der Waals surface area contributed by atoms with E-state index in [-0.39, 0.29) is 0 Å². The lowest BCUT2D eigenvalue weighted by Gasteiger charge is -2.07. The van der Waals surface area contributed by atoms with E-state index in [2.05, 4.69) is 0 Å². The van der Waals surface area contributed by atoms with Crippen LogP contribution in [0.25, 0.3) is 0 Å². The monoisotopic (exact) mass is 198 g/mol. The second-order valence-corrected chi connectivity index (χ2v) is 3.12. The molecule has 0 saturated carbocycles. The summed E-state index contributed by atoms with van der Waals surface area (Å²) in [6, 6.07) is 9.65. The molecule has 0 saturated heterocycles. The molecule has 0 heterocycles. The maximum absolute atomic E-state index is 10.6. The fourth-order valence-electron chi connectivity index (χ4n) is 0.861. The Morgan fingerprint density at radius 2 is 2.08 bits per heavy atom. The van der Waals surface area contributed by atoms with Gasteiger partial charge in [0.05, 0.1) is 6.61 Å². The molecule has 1 rings (SSSR count). The minimum absolute atomic E-state index is 0.417. The molecular weight excluding hydrogens is 188 g/mol. The van der Waals surface area contributed by atoms with Crippen LogP contribution in [0, 0.1) is 0 Å². The molecule has 0 N–H and O–H groups in total. The second-order valence-electron chi connectivity index (χ2n) is 2.74. The molecule has 0 aromatic heterocycles. The van der Waals surface area contributed by atoms with Gasteiger partial charge in [-0.05, 0) is 24.1 Å². The first kappa shape index (κ1) is 10.2. The summed E-state index contributed by atoms with van der Waals surface area (Å²) in [5.41, 5.74) is 1.03. The quantitative estimate of drug-likeness (QED) is 0.695. The highest BCUT2D eigenvalue weighted by Gasteiger charge is 2.09. The Morgan fingerprint density at radius 1 is 1.46 bits per heavy atom. The van der Waals surface area contributed by atoms with E-state index in [1.165, 1.54) is 0 Å². The lowest BCUT2D eigenvalue weighted by Crippen LogP contribution is -2.15. The molecule has 1 atom stereocenters. The number of rotatable bonds is 4. The summed E-state index contributed by atoms with van der Waals surface area (Å²) >= 11 is 5.23. The summed E-state index contributed by atoms with van der Waals surface area (Å²) < 4.78 is 5.21. The Balaban J connectivity index is 2.39. The first-order chi connectivity index (χ1) is 6.20. The van der Waals surface area contributed by atoms with E-state index >= 15 is 0 Å². The third-order valence-corrected chi connectivity index (χ3v) is 1.97. The molecule has 0 bridgehead atoms. The minimum atomic E-state index is -0.540. The van der Waals surface area contributed by atoms with Crippen molar-refractivity contribution in [3.63, 3.8) is 0 Å². The summed E-state index contributed by atoms with van der Waals surface area (Å²) in [5.74, 6) is 0. The average molecular weight is 199 g/mol. The third kappa shape index (κ3) is 3.57. The normalized spacial score (nSPS) is 12.5. The van der Waals surface area contributed by atoms with Gasteiger partial charge in [-0.1, -0.05) is 30.3 Å². The Hall–Kier alpha value is -0.860. The van der Waals surface area contributed by atoms with Gasteiger partial charge in [0.15, 0.2) is 0 Å². The molecular formula is C10H11ClO2. The van der Waals surface area contributed by atoms with E-state index in [1.54, 1.807) is 6.92 Å². The van der Waals surface area contributed by atoms with Crippen molar-refractivity contribution in [2.24, 2.45) is 0 Å². The van der Waals surface area contributed by atoms with E-state index in [1.807, 2.05) is 30.3 Å². The molecule has 0 aliphatic heterocycles. The van der Waals surface area contributed by atoms with Gasteiger partial charge in [0.2, 0.25) is 5.24 Å². The summed E-state index contributed by atoms with van der Waals surface area (Å²) in [4.78, 5) is 10.6. The Labute approximate surface area is 82.5 Å². The molecule has 1 aromatic rings. The van der Waals surface area contributed by atoms with Crippen LogP contribution in [-0.4, -0.2) is 11.3 Å². The molecule has 0 aliphatic carbocycles. The average Bonchev–Trinajstić information content (AvgIpc) is 2.15. The summed E-state index contributed by atoms with van der Waals surface area (Å²) in [5, 5.41) is -0.462. The van der Waals surface area contributed by atoms with Crippen molar-refractivity contribution in [2.75, 3.05) is 0 Å². The zero-order valence-electron chi connectivity index (χ0n) is 7.37. The van der Waals surface area contributed by atoms with Crippen LogP contribution >= 0.6 is 11.6 Å². The number of benzene rings is 1. The molecule has 0 aliphatic rings. The molecule has 1 aromatic carbocycles. The molecule has 3 heteroatoms. The zero-order valence-corrected chi connectivity index (χ0v) is 8.12. The van der Waals surface area contributed by atoms with Crippen molar-refractivity contribution in [1.82, 2.24) is 0 Å². The van der Waals surface area contributed by atoms with Crippen LogP contribution in [0.2, 0.25) is 0 Å². The van der Waals surface area contributed by atoms with Gasteiger partial charge >= 0.3 is 0 Å². The van der Waals surface area contributed by atoms with Crippen molar-refractivity contribution in [1.29, 1.82) is 0 Å². The molecule has 13 heavy (non-hydrogen) atoms. The fraction of sp³-hybridized carbons (Fsp3) is 0.300. The lowest BCUT2D eigenvalue weighted by atomic mass is 10.2. The fourth-order valence-corrected chi connectivity index (χ4v) is 0.924. The topological polar surface area (TPSA) is 26.3 Å². The minimum Gasteiger partial charge on any atom is -0.365 e. The van der Waals surface area contributed by atoms with E-state index < -0.39 is 11.3 Å². The van der Waals surface area contributed by atoms with E-state index in [0.29, 0.717) is 6.61 Å². The summed E-state index contributed by atoms with van der Waals surface area (Å²) in [6.45, 7) is 2.05. The van der Waals surface area contributed by atoms with Crippen LogP contribution in [0.15, 0.2) is 30.3 Å². The summed E-state index contributed by atoms with van der Waals surface area (Å²) in [6.07, 6.45) is -0.540. The van der Waals surface area contributed by atoms with Gasteiger partial charge in [0.1, 0.15) is 6.10 Å². The van der Waals surface area contributed by atoms with Gasteiger partial charge < -0.3 is 4.74 Å². The maximum Gasteiger partial charge on any atom is 0.250 e. The van der Waals surface area contributed by atoms with Gasteiger partial charge in [0, 0.05) is 0 Å². The Kier molecular flexibility index (Phi) is 3.93. The maximum atomic E-state index is 10.6. The standard InChI is InChI=1S/C10H11ClO2/c1-8(10(11)12)13-7-9-5-3-2-4-6-9/h2-6,8H,7H2,1H3/t8-/m1/s1. The Morgan fingerprint density at radius 3 is 2.62 bits per heavy atom. The van der Waals surface area contributed by atoms with Gasteiger partial charge in [-0.2, -0.15) is 0 Å². The highest BCUT2D eigenvalue weighted by molar-refractivity contribution is 6.64. The van der Waals surface area contributed by atoms with Crippen molar-refractivity contribution < 1.29 is 9.53 Å². The summed E-state index contributed by atoms with van der Waals surface area (Å²) in [7, 11) is 0. The largest absolute Gasteiger partial charge is 0.365 e. The number of halogens is 1. The molecule has 0 radical (unpaired) electrons. The number of hydrogen-bond acceptors (Lipinski definition) is 2. The SMILES string of the molecule is C[C@@H](OCc1ccccc1)C(=O)Cl. The van der Waals surface area contributed by atoms with Crippen LogP contribution in [-0.2, 0) is 16.1 Å². The van der Waals surface area contributed by atoms with Crippen LogP contribution < -0.4 is 0 Å². The number of carbonyl (C=O) groups is 1. The predicted octanol–water partition coefficient (Wildman–Crippen LogP) is 2.36. The van der Waals surface area contributed by atoms with E-state index in [4.69, 9.17) is 16.3 Å². The van der Waals surface area contributed by atoms with Gasteiger partial charge in [-0.15, -0.1) is 0 Å². The molecule has 0 fully saturated rings. The molecule has 2 nitrogen and oxygen atoms in total. The number of hydrogen-bond donors (Lipinski definition) is 0. The van der Waals surface area contributed by atoms with Crippen molar-refractivity contribution in [2.45, 2.75) is 19.6 Å². The van der Waals surface area contributed by atoms with Crippen LogP contribution in [0.4, 0.5) is 0 Å². The smallest absolute Gasteiger partial charge is 0.250 e. The number of ether oxygens (including phenoxy) is 1. The van der Waals surface area contributed by atoms with Gasteiger partial charge in [-0.3, -0.25) is 4.79 Å². The van der Waals surface area contributed by atoms with Crippen LogP contribution in [0.1, 0.15) is 12.5 Å². The predicted molar refractivity (Wildman–Crippen MR) is 51.6 cm³/mol. The third-order valence-electron chi connectivity index (χ3n) is 1.66. The second kappa shape index (κ2) is 5.00. The lowest BCUT2D eigenvalue weighted by molar-refractivity contribution is -0.122. The first-order valence-corrected chi connectivity index (χ1v) is 4.43. The highest BCUT2D eigenvalue weighted by Crippen LogP contribution is 2.04. The van der Waals surface area contributed by atoms with Crippen molar-refractivity contribution in [3.8, 4) is 0 Å². The van der Waals surface area contributed by atoms with E-state index in [9.17, 15) is 4.79 Å². The molecule has 0 spiro atoms. The first-order valence-electron chi connectivity index (χ1n) is 4.05. The van der Waals surface area contributed by atoms with Gasteiger partial charge in [-0.25, -0.2) is 0 Å². The Bertz CT molecular complexity index is 272.